The molecule has 0 saturated heterocycles. The van der Waals surface area contributed by atoms with Gasteiger partial charge < -0.3 is 15.3 Å². The molecule has 1 aliphatic heterocycles. The standard InChI is InChI=1S/C24H32N2O4S/c1-3-26(4-2)19(17-18-9-12-20(27)13-10-18)11-14-24(28)25-22-15-16-31(29,30)23-8-6-5-7-21(22)23/h5-10,12-13,19,22,27H,3-4,11,14-17H2,1-2H3,(H,25,28)/t19-,22?/m1/s1. The lowest BCUT2D eigenvalue weighted by Gasteiger charge is -2.30. The van der Waals surface area contributed by atoms with Gasteiger partial charge in [-0.1, -0.05) is 44.2 Å². The van der Waals surface area contributed by atoms with E-state index in [0.717, 1.165) is 25.1 Å². The average molecular weight is 445 g/mol. The molecule has 168 valence electrons. The van der Waals surface area contributed by atoms with Crippen LogP contribution in [0.2, 0.25) is 0 Å². The second-order valence-electron chi connectivity index (χ2n) is 8.05. The molecule has 1 aliphatic rings. The van der Waals surface area contributed by atoms with Crippen molar-refractivity contribution in [2.75, 3.05) is 18.8 Å². The van der Waals surface area contributed by atoms with Crippen molar-refractivity contribution in [3.63, 3.8) is 0 Å². The fourth-order valence-electron chi connectivity index (χ4n) is 4.36. The summed E-state index contributed by atoms with van der Waals surface area (Å²) >= 11 is 0. The molecule has 2 N–H and O–H groups in total. The number of sulfone groups is 1. The largest absolute Gasteiger partial charge is 0.508 e. The maximum Gasteiger partial charge on any atom is 0.220 e. The third kappa shape index (κ3) is 5.86. The minimum absolute atomic E-state index is 0.0535. The summed E-state index contributed by atoms with van der Waals surface area (Å²) in [5.41, 5.74) is 1.81. The molecule has 1 amide bonds. The first kappa shape index (κ1) is 23.3. The van der Waals surface area contributed by atoms with Crippen LogP contribution in [0.25, 0.3) is 0 Å². The number of aromatic hydroxyl groups is 1. The highest BCUT2D eigenvalue weighted by molar-refractivity contribution is 7.91. The molecule has 0 saturated carbocycles. The maximum atomic E-state index is 12.8. The number of phenolic OH excluding ortho intramolecular Hbond substituents is 1. The summed E-state index contributed by atoms with van der Waals surface area (Å²) < 4.78 is 24.6. The van der Waals surface area contributed by atoms with Gasteiger partial charge in [0.25, 0.3) is 0 Å². The summed E-state index contributed by atoms with van der Waals surface area (Å²) in [5, 5.41) is 12.6. The van der Waals surface area contributed by atoms with Gasteiger partial charge in [-0.2, -0.15) is 0 Å². The zero-order valence-electron chi connectivity index (χ0n) is 18.3. The van der Waals surface area contributed by atoms with Gasteiger partial charge in [-0.15, -0.1) is 0 Å². The van der Waals surface area contributed by atoms with Crippen LogP contribution in [0.5, 0.6) is 5.75 Å². The summed E-state index contributed by atoms with van der Waals surface area (Å²) in [6.45, 7) is 6.03. The SMILES string of the molecule is CCN(CC)[C@H](CCC(=O)NC1CCS(=O)(=O)c2ccccc21)Cc1ccc(O)cc1. The van der Waals surface area contributed by atoms with Crippen molar-refractivity contribution < 1.29 is 18.3 Å². The number of carbonyl (C=O) groups is 1. The second-order valence-corrected chi connectivity index (χ2v) is 10.1. The molecule has 2 atom stereocenters. The van der Waals surface area contributed by atoms with Gasteiger partial charge in [-0.25, -0.2) is 8.42 Å². The Morgan fingerprint density at radius 3 is 2.48 bits per heavy atom. The molecule has 0 fully saturated rings. The van der Waals surface area contributed by atoms with Crippen LogP contribution in [0, 0.1) is 0 Å². The molecule has 2 aromatic carbocycles. The van der Waals surface area contributed by atoms with E-state index in [4.69, 9.17) is 0 Å². The van der Waals surface area contributed by atoms with E-state index >= 15 is 0 Å². The topological polar surface area (TPSA) is 86.7 Å². The van der Waals surface area contributed by atoms with E-state index in [0.29, 0.717) is 29.7 Å². The number of carbonyl (C=O) groups excluding carboxylic acids is 1. The predicted octanol–water partition coefficient (Wildman–Crippen LogP) is 3.46. The average Bonchev–Trinajstić information content (AvgIpc) is 2.76. The van der Waals surface area contributed by atoms with Gasteiger partial charge in [-0.3, -0.25) is 4.79 Å². The number of hydrogen-bond acceptors (Lipinski definition) is 5. The van der Waals surface area contributed by atoms with Crippen LogP contribution in [0.4, 0.5) is 0 Å². The first-order chi connectivity index (χ1) is 14.8. The van der Waals surface area contributed by atoms with E-state index in [1.54, 1.807) is 30.3 Å². The van der Waals surface area contributed by atoms with Crippen molar-refractivity contribution >= 4 is 15.7 Å². The smallest absolute Gasteiger partial charge is 0.220 e. The van der Waals surface area contributed by atoms with E-state index < -0.39 is 9.84 Å². The lowest BCUT2D eigenvalue weighted by atomic mass is 9.99. The van der Waals surface area contributed by atoms with Crippen LogP contribution < -0.4 is 5.32 Å². The predicted molar refractivity (Wildman–Crippen MR) is 122 cm³/mol. The van der Waals surface area contributed by atoms with Crippen molar-refractivity contribution in [2.45, 2.75) is 56.5 Å². The molecule has 0 aromatic heterocycles. The maximum absolute atomic E-state index is 12.8. The number of fused-ring (bicyclic) bond motifs is 1. The van der Waals surface area contributed by atoms with Crippen LogP contribution in [-0.2, 0) is 21.1 Å². The highest BCUT2D eigenvalue weighted by Gasteiger charge is 2.30. The normalized spacial score (nSPS) is 18.4. The Kier molecular flexibility index (Phi) is 7.73. The number of nitrogens with one attached hydrogen (secondary N) is 1. The van der Waals surface area contributed by atoms with Gasteiger partial charge in [0.05, 0.1) is 16.7 Å². The highest BCUT2D eigenvalue weighted by atomic mass is 32.2. The molecule has 2 aromatic rings. The number of likely N-dealkylation sites (N-methyl/N-ethyl adjacent to an activating group) is 1. The first-order valence-corrected chi connectivity index (χ1v) is 12.6. The summed E-state index contributed by atoms with van der Waals surface area (Å²) in [6, 6.07) is 14.1. The number of nitrogens with zero attached hydrogens (tertiary/aromatic N) is 1. The Bertz CT molecular complexity index is 985. The van der Waals surface area contributed by atoms with E-state index in [-0.39, 0.29) is 29.5 Å². The minimum Gasteiger partial charge on any atom is -0.508 e. The molecule has 0 spiro atoms. The van der Waals surface area contributed by atoms with E-state index in [2.05, 4.69) is 24.1 Å². The Morgan fingerprint density at radius 2 is 1.81 bits per heavy atom. The fourth-order valence-corrected chi connectivity index (χ4v) is 5.98. The number of hydrogen-bond donors (Lipinski definition) is 2. The van der Waals surface area contributed by atoms with Gasteiger partial charge in [0.15, 0.2) is 9.84 Å². The van der Waals surface area contributed by atoms with Gasteiger partial charge in [0, 0.05) is 12.5 Å². The number of amides is 1. The lowest BCUT2D eigenvalue weighted by molar-refractivity contribution is -0.122. The Hall–Kier alpha value is -2.38. The van der Waals surface area contributed by atoms with Crippen LogP contribution in [-0.4, -0.2) is 49.2 Å². The van der Waals surface area contributed by atoms with Crippen LogP contribution >= 0.6 is 0 Å². The molecule has 3 rings (SSSR count). The molecule has 1 unspecified atom stereocenters. The van der Waals surface area contributed by atoms with Gasteiger partial charge >= 0.3 is 0 Å². The molecule has 6 nitrogen and oxygen atoms in total. The van der Waals surface area contributed by atoms with E-state index in [9.17, 15) is 18.3 Å². The molecule has 1 heterocycles. The number of benzene rings is 2. The molecule has 0 aliphatic carbocycles. The van der Waals surface area contributed by atoms with Crippen LogP contribution in [0.1, 0.15) is 50.3 Å². The third-order valence-corrected chi connectivity index (χ3v) is 7.90. The first-order valence-electron chi connectivity index (χ1n) is 11.0. The number of phenols is 1. The van der Waals surface area contributed by atoms with Crippen LogP contribution in [0.15, 0.2) is 53.4 Å². The van der Waals surface area contributed by atoms with Crippen molar-refractivity contribution in [2.24, 2.45) is 0 Å². The summed E-state index contributed by atoms with van der Waals surface area (Å²) in [4.78, 5) is 15.5. The fraction of sp³-hybridized carbons (Fsp3) is 0.458. The summed E-state index contributed by atoms with van der Waals surface area (Å²) in [7, 11) is -3.27. The Balaban J connectivity index is 1.65. The van der Waals surface area contributed by atoms with Gasteiger partial charge in [0.1, 0.15) is 5.75 Å². The Labute approximate surface area is 185 Å². The summed E-state index contributed by atoms with van der Waals surface area (Å²) in [5.74, 6) is 0.247. The van der Waals surface area contributed by atoms with Crippen molar-refractivity contribution in [3.8, 4) is 5.75 Å². The molecular formula is C24H32N2O4S. The monoisotopic (exact) mass is 444 g/mol. The highest BCUT2D eigenvalue weighted by Crippen LogP contribution is 2.32. The third-order valence-electron chi connectivity index (χ3n) is 6.08. The van der Waals surface area contributed by atoms with Crippen molar-refractivity contribution in [1.82, 2.24) is 10.2 Å². The van der Waals surface area contributed by atoms with Gasteiger partial charge in [-0.05, 0) is 61.7 Å². The zero-order chi connectivity index (χ0) is 22.4. The molecule has 31 heavy (non-hydrogen) atoms. The van der Waals surface area contributed by atoms with Gasteiger partial charge in [0.2, 0.25) is 5.91 Å². The summed E-state index contributed by atoms with van der Waals surface area (Å²) in [6.07, 6.45) is 2.30. The van der Waals surface area contributed by atoms with E-state index in [1.807, 2.05) is 18.2 Å². The molecule has 0 radical (unpaired) electrons. The van der Waals surface area contributed by atoms with Crippen molar-refractivity contribution in [1.29, 1.82) is 0 Å². The van der Waals surface area contributed by atoms with E-state index in [1.165, 1.54) is 0 Å². The van der Waals surface area contributed by atoms with Crippen molar-refractivity contribution in [3.05, 3.63) is 59.7 Å². The second kappa shape index (κ2) is 10.3. The minimum atomic E-state index is -3.27. The molecular weight excluding hydrogens is 412 g/mol. The lowest BCUT2D eigenvalue weighted by Crippen LogP contribution is -2.39. The Morgan fingerprint density at radius 1 is 1.13 bits per heavy atom. The van der Waals surface area contributed by atoms with Crippen LogP contribution in [0.3, 0.4) is 0 Å². The number of rotatable bonds is 9. The quantitative estimate of drug-likeness (QED) is 0.619. The molecule has 7 heteroatoms. The molecule has 0 bridgehead atoms. The zero-order valence-corrected chi connectivity index (χ0v) is 19.1.